The van der Waals surface area contributed by atoms with Crippen LogP contribution in [0.15, 0.2) is 17.1 Å². The summed E-state index contributed by atoms with van der Waals surface area (Å²) in [6.45, 7) is 0. The van der Waals surface area contributed by atoms with E-state index in [0.29, 0.717) is 12.8 Å². The zero-order valence-electron chi connectivity index (χ0n) is 17.7. The van der Waals surface area contributed by atoms with Crippen molar-refractivity contribution in [2.45, 2.75) is 69.2 Å². The average Bonchev–Trinajstić information content (AvgIpc) is 3.41. The molecule has 0 radical (unpaired) electrons. The molecule has 1 aromatic rings. The van der Waals surface area contributed by atoms with E-state index in [4.69, 9.17) is 16.9 Å². The minimum absolute atomic E-state index is 0.00628. The Morgan fingerprint density at radius 3 is 2.55 bits per heavy atom. The lowest BCUT2D eigenvalue weighted by Gasteiger charge is -2.29. The van der Waals surface area contributed by atoms with Gasteiger partial charge in [0, 0.05) is 11.3 Å². The van der Waals surface area contributed by atoms with Crippen molar-refractivity contribution >= 4 is 29.1 Å². The number of alkyl halides is 1. The lowest BCUT2D eigenvalue weighted by molar-refractivity contribution is -0.122. The van der Waals surface area contributed by atoms with Crippen LogP contribution in [-0.2, 0) is 9.59 Å². The molecule has 2 bridgehead atoms. The van der Waals surface area contributed by atoms with Crippen molar-refractivity contribution in [1.29, 1.82) is 5.26 Å². The third-order valence-electron chi connectivity index (χ3n) is 7.23. The number of benzene rings is 1. The predicted octanol–water partition coefficient (Wildman–Crippen LogP) is 3.78. The molecule has 2 amide bonds. The molecule has 0 aromatic heterocycles. The van der Waals surface area contributed by atoms with Gasteiger partial charge in [0.15, 0.2) is 5.82 Å². The van der Waals surface area contributed by atoms with Gasteiger partial charge in [-0.05, 0) is 57.1 Å². The van der Waals surface area contributed by atoms with Gasteiger partial charge in [-0.3, -0.25) is 9.59 Å². The maximum absolute atomic E-state index is 15.0. The Morgan fingerprint density at radius 2 is 1.94 bits per heavy atom. The number of hydrogen-bond donors (Lipinski definition) is 2. The molecule has 3 atom stereocenters. The van der Waals surface area contributed by atoms with Crippen LogP contribution in [-0.4, -0.2) is 40.4 Å². The normalized spacial score (nSPS) is 33.2. The maximum Gasteiger partial charge on any atom is 0.249 e. The molecule has 4 rings (SSSR count). The smallest absolute Gasteiger partial charge is 0.249 e. The van der Waals surface area contributed by atoms with Crippen LogP contribution < -0.4 is 5.32 Å². The molecule has 0 saturated heterocycles. The zero-order valence-corrected chi connectivity index (χ0v) is 18.5. The van der Waals surface area contributed by atoms with E-state index in [0.717, 1.165) is 12.1 Å². The highest BCUT2D eigenvalue weighted by Gasteiger charge is 2.58. The number of aliphatic hydroxyl groups is 1. The second-order valence-electron chi connectivity index (χ2n) is 9.37. The average molecular weight is 482 g/mol. The van der Waals surface area contributed by atoms with Crippen molar-refractivity contribution < 1.29 is 27.9 Å². The summed E-state index contributed by atoms with van der Waals surface area (Å²) in [4.78, 5) is 29.0. The molecule has 33 heavy (non-hydrogen) atoms. The first-order valence-corrected chi connectivity index (χ1v) is 11.3. The fourth-order valence-corrected chi connectivity index (χ4v) is 5.70. The number of carbonyl (C=O) groups excluding carboxylic acids is 2. The third-order valence-corrected chi connectivity index (χ3v) is 7.52. The molecule has 3 aliphatic rings. The van der Waals surface area contributed by atoms with E-state index in [9.17, 15) is 27.9 Å². The Kier molecular flexibility index (Phi) is 6.27. The molecule has 6 nitrogen and oxygen atoms in total. The summed E-state index contributed by atoms with van der Waals surface area (Å²) in [6.07, 6.45) is -0.278. The molecule has 10 heteroatoms. The number of rotatable bonds is 5. The van der Waals surface area contributed by atoms with Gasteiger partial charge in [-0.25, -0.2) is 18.2 Å². The first-order valence-electron chi connectivity index (χ1n) is 10.9. The van der Waals surface area contributed by atoms with Gasteiger partial charge in [-0.15, -0.1) is 0 Å². The summed E-state index contributed by atoms with van der Waals surface area (Å²) in [7, 11) is 0. The highest BCUT2D eigenvalue weighted by molar-refractivity contribution is 6.31. The fourth-order valence-electron chi connectivity index (χ4n) is 5.54. The number of nitrogens with one attached hydrogen (secondary N) is 1. The molecular formula is C23H23ClF3N3O3. The molecule has 176 valence electrons. The minimum atomic E-state index is -1.45. The second-order valence-corrected chi connectivity index (χ2v) is 9.78. The van der Waals surface area contributed by atoms with E-state index in [1.54, 1.807) is 6.07 Å². The van der Waals surface area contributed by atoms with Crippen molar-refractivity contribution in [2.75, 3.05) is 0 Å². The summed E-state index contributed by atoms with van der Waals surface area (Å²) in [5.74, 6) is -4.06. The molecule has 0 aliphatic heterocycles. The Balaban J connectivity index is 1.67. The van der Waals surface area contributed by atoms with Crippen molar-refractivity contribution in [3.63, 3.8) is 0 Å². The van der Waals surface area contributed by atoms with E-state index in [1.165, 1.54) is 0 Å². The standard InChI is InChI=1S/C23H23ClF3N3O3/c24-13-1-2-14(25)18(19(13)26)20(22-4-6-23(27,11-22)7-5-22)30-21(33)12-9-15(16(31)10-12)29-17(32)3-8-28/h1-2,12,15-16,31H,3-7,9-11H2,(H,29,32)/t12-,15+,16-,22?,23?/m1/s1. The largest absolute Gasteiger partial charge is 0.391 e. The number of aliphatic imine (C=N–C) groups is 1. The van der Waals surface area contributed by atoms with Crippen LogP contribution in [0.1, 0.15) is 56.9 Å². The van der Waals surface area contributed by atoms with Gasteiger partial charge in [0.05, 0.1) is 34.5 Å². The van der Waals surface area contributed by atoms with Gasteiger partial charge in [0.2, 0.25) is 11.8 Å². The Hall–Kier alpha value is -2.44. The first-order chi connectivity index (χ1) is 15.6. The number of carbonyl (C=O) groups is 2. The Bertz CT molecular complexity index is 1060. The second kappa shape index (κ2) is 8.73. The van der Waals surface area contributed by atoms with Crippen molar-refractivity contribution in [2.24, 2.45) is 16.3 Å². The lowest BCUT2D eigenvalue weighted by Crippen LogP contribution is -2.39. The van der Waals surface area contributed by atoms with Crippen LogP contribution in [0.3, 0.4) is 0 Å². The Morgan fingerprint density at radius 1 is 1.24 bits per heavy atom. The minimum Gasteiger partial charge on any atom is -0.391 e. The third kappa shape index (κ3) is 4.38. The quantitative estimate of drug-likeness (QED) is 0.493. The summed E-state index contributed by atoms with van der Waals surface area (Å²) in [5.41, 5.74) is -3.07. The number of aliphatic hydroxyl groups excluding tert-OH is 1. The zero-order chi connectivity index (χ0) is 24.0. The molecular weight excluding hydrogens is 459 g/mol. The van der Waals surface area contributed by atoms with Crippen molar-refractivity contribution in [3.05, 3.63) is 34.4 Å². The van der Waals surface area contributed by atoms with Crippen LogP contribution in [0.5, 0.6) is 0 Å². The number of nitriles is 1. The van der Waals surface area contributed by atoms with Crippen LogP contribution in [0.2, 0.25) is 5.02 Å². The van der Waals surface area contributed by atoms with Gasteiger partial charge >= 0.3 is 0 Å². The summed E-state index contributed by atoms with van der Waals surface area (Å²) < 4.78 is 44.8. The van der Waals surface area contributed by atoms with E-state index >= 15 is 0 Å². The number of amides is 2. The fraction of sp³-hybridized carbons (Fsp3) is 0.565. The summed E-state index contributed by atoms with van der Waals surface area (Å²) in [5, 5.41) is 21.1. The highest BCUT2D eigenvalue weighted by atomic mass is 35.5. The van der Waals surface area contributed by atoms with Crippen molar-refractivity contribution in [3.8, 4) is 6.07 Å². The Labute approximate surface area is 193 Å². The van der Waals surface area contributed by atoms with Gasteiger partial charge in [0.1, 0.15) is 17.9 Å². The van der Waals surface area contributed by atoms with E-state index in [2.05, 4.69) is 10.3 Å². The topological polar surface area (TPSA) is 103 Å². The molecule has 0 unspecified atom stereocenters. The van der Waals surface area contributed by atoms with E-state index in [1.807, 2.05) is 0 Å². The van der Waals surface area contributed by atoms with E-state index in [-0.39, 0.29) is 49.3 Å². The molecule has 1 aromatic carbocycles. The van der Waals surface area contributed by atoms with Crippen LogP contribution in [0.25, 0.3) is 0 Å². The predicted molar refractivity (Wildman–Crippen MR) is 113 cm³/mol. The molecule has 0 spiro atoms. The number of halogens is 4. The number of fused-ring (bicyclic) bond motifs is 2. The van der Waals surface area contributed by atoms with E-state index < -0.39 is 58.2 Å². The van der Waals surface area contributed by atoms with Crippen LogP contribution in [0, 0.1) is 34.3 Å². The number of nitrogens with zero attached hydrogens (tertiary/aromatic N) is 2. The highest BCUT2D eigenvalue weighted by Crippen LogP contribution is 2.60. The lowest BCUT2D eigenvalue weighted by atomic mass is 9.76. The van der Waals surface area contributed by atoms with Gasteiger partial charge in [0.25, 0.3) is 0 Å². The molecule has 3 aliphatic carbocycles. The molecule has 3 fully saturated rings. The van der Waals surface area contributed by atoms with Crippen molar-refractivity contribution in [1.82, 2.24) is 5.32 Å². The summed E-state index contributed by atoms with van der Waals surface area (Å²) in [6, 6.07) is 3.02. The van der Waals surface area contributed by atoms with Crippen LogP contribution >= 0.6 is 11.6 Å². The first kappa shape index (κ1) is 23.7. The molecule has 3 saturated carbocycles. The monoisotopic (exact) mass is 481 g/mol. The van der Waals surface area contributed by atoms with Gasteiger partial charge < -0.3 is 10.4 Å². The van der Waals surface area contributed by atoms with Crippen LogP contribution in [0.4, 0.5) is 13.2 Å². The maximum atomic E-state index is 15.0. The van der Waals surface area contributed by atoms with Gasteiger partial charge in [-0.1, -0.05) is 11.6 Å². The van der Waals surface area contributed by atoms with Gasteiger partial charge in [-0.2, -0.15) is 5.26 Å². The molecule has 0 heterocycles. The summed E-state index contributed by atoms with van der Waals surface area (Å²) >= 11 is 5.89. The molecule has 2 N–H and O–H groups in total. The number of hydrogen-bond acceptors (Lipinski definition) is 4. The SMILES string of the molecule is N#CCC(=O)N[C@H]1C[C@@H](C(=O)N=C(c2c(F)ccc(Cl)c2F)C23CCC(F)(CC2)C3)C[C@H]1O.